The van der Waals surface area contributed by atoms with Crippen LogP contribution in [0.4, 0.5) is 0 Å². The van der Waals surface area contributed by atoms with Crippen molar-refractivity contribution in [2.24, 2.45) is 11.8 Å². The SMILES string of the molecule is CCC(NC(=O)[C@@H]1CCC[C@@H]1C(=O)O)c1nccs1. The lowest BCUT2D eigenvalue weighted by Crippen LogP contribution is -2.37. The average molecular weight is 282 g/mol. The van der Waals surface area contributed by atoms with Crippen molar-refractivity contribution in [2.75, 3.05) is 0 Å². The number of carboxylic acid groups (broad SMARTS) is 1. The van der Waals surface area contributed by atoms with Crippen LogP contribution in [0.25, 0.3) is 0 Å². The molecule has 6 heteroatoms. The van der Waals surface area contributed by atoms with Crippen LogP contribution in [0.5, 0.6) is 0 Å². The second-order valence-electron chi connectivity index (χ2n) is 4.82. The minimum atomic E-state index is -0.861. The highest BCUT2D eigenvalue weighted by atomic mass is 32.1. The zero-order valence-corrected chi connectivity index (χ0v) is 11.7. The van der Waals surface area contributed by atoms with E-state index in [0.29, 0.717) is 12.8 Å². The molecule has 1 aromatic heterocycles. The molecular formula is C13H18N2O3S. The number of hydrogen-bond donors (Lipinski definition) is 2. The molecule has 1 saturated carbocycles. The Balaban J connectivity index is 2.02. The molecule has 0 aliphatic heterocycles. The van der Waals surface area contributed by atoms with Crippen LogP contribution in [-0.4, -0.2) is 22.0 Å². The number of carbonyl (C=O) groups is 2. The molecule has 1 aliphatic carbocycles. The monoisotopic (exact) mass is 282 g/mol. The van der Waals surface area contributed by atoms with E-state index < -0.39 is 17.8 Å². The number of hydrogen-bond acceptors (Lipinski definition) is 4. The number of aromatic nitrogens is 1. The van der Waals surface area contributed by atoms with E-state index in [9.17, 15) is 9.59 Å². The van der Waals surface area contributed by atoms with Crippen molar-refractivity contribution in [3.8, 4) is 0 Å². The highest BCUT2D eigenvalue weighted by molar-refractivity contribution is 7.09. The van der Waals surface area contributed by atoms with Gasteiger partial charge in [-0.05, 0) is 19.3 Å². The fourth-order valence-electron chi connectivity index (χ4n) is 2.59. The molecular weight excluding hydrogens is 264 g/mol. The maximum atomic E-state index is 12.2. The average Bonchev–Trinajstić information content (AvgIpc) is 3.05. The van der Waals surface area contributed by atoms with Gasteiger partial charge in [-0.2, -0.15) is 0 Å². The predicted octanol–water partition coefficient (Wildman–Crippen LogP) is 2.21. The van der Waals surface area contributed by atoms with Gasteiger partial charge in [0.1, 0.15) is 5.01 Å². The molecule has 0 bridgehead atoms. The molecule has 0 spiro atoms. The molecule has 2 N–H and O–H groups in total. The maximum Gasteiger partial charge on any atom is 0.307 e. The molecule has 1 unspecified atom stereocenters. The summed E-state index contributed by atoms with van der Waals surface area (Å²) in [6.45, 7) is 1.98. The van der Waals surface area contributed by atoms with Gasteiger partial charge in [0.25, 0.3) is 0 Å². The number of aliphatic carboxylic acids is 1. The first-order valence-electron chi connectivity index (χ1n) is 6.56. The van der Waals surface area contributed by atoms with E-state index >= 15 is 0 Å². The normalized spacial score (nSPS) is 24.1. The summed E-state index contributed by atoms with van der Waals surface area (Å²) in [5.41, 5.74) is 0. The van der Waals surface area contributed by atoms with Crippen LogP contribution in [0.3, 0.4) is 0 Å². The van der Waals surface area contributed by atoms with Crippen molar-refractivity contribution in [1.29, 1.82) is 0 Å². The van der Waals surface area contributed by atoms with Crippen LogP contribution < -0.4 is 5.32 Å². The molecule has 5 nitrogen and oxygen atoms in total. The molecule has 0 aromatic carbocycles. The zero-order valence-electron chi connectivity index (χ0n) is 10.8. The van der Waals surface area contributed by atoms with Crippen LogP contribution in [0.1, 0.15) is 43.7 Å². The van der Waals surface area contributed by atoms with E-state index in [2.05, 4.69) is 10.3 Å². The van der Waals surface area contributed by atoms with Crippen molar-refractivity contribution in [1.82, 2.24) is 10.3 Å². The molecule has 1 fully saturated rings. The maximum absolute atomic E-state index is 12.2. The standard InChI is InChI=1S/C13H18N2O3S/c1-2-10(12-14-6-7-19-12)15-11(16)8-4-3-5-9(8)13(17)18/h6-10H,2-5H2,1H3,(H,15,16)(H,17,18)/t8-,9+,10?/m1/s1. The second kappa shape index (κ2) is 6.14. The Hall–Kier alpha value is -1.43. The Morgan fingerprint density at radius 2 is 2.26 bits per heavy atom. The van der Waals surface area contributed by atoms with Crippen LogP contribution in [0.2, 0.25) is 0 Å². The lowest BCUT2D eigenvalue weighted by molar-refractivity contribution is -0.146. The van der Waals surface area contributed by atoms with Gasteiger partial charge < -0.3 is 10.4 Å². The van der Waals surface area contributed by atoms with Gasteiger partial charge in [-0.1, -0.05) is 13.3 Å². The summed E-state index contributed by atoms with van der Waals surface area (Å²) in [4.78, 5) is 27.5. The predicted molar refractivity (Wildman–Crippen MR) is 71.8 cm³/mol. The zero-order chi connectivity index (χ0) is 13.8. The van der Waals surface area contributed by atoms with Gasteiger partial charge in [0.2, 0.25) is 5.91 Å². The Kier molecular flexibility index (Phi) is 4.52. The van der Waals surface area contributed by atoms with Gasteiger partial charge in [0, 0.05) is 11.6 Å². The first kappa shape index (κ1) is 14.0. The van der Waals surface area contributed by atoms with Gasteiger partial charge in [0.05, 0.1) is 17.9 Å². The van der Waals surface area contributed by atoms with Gasteiger partial charge >= 0.3 is 5.97 Å². The van der Waals surface area contributed by atoms with Gasteiger partial charge in [-0.3, -0.25) is 9.59 Å². The first-order valence-corrected chi connectivity index (χ1v) is 7.44. The Morgan fingerprint density at radius 3 is 2.84 bits per heavy atom. The van der Waals surface area contributed by atoms with E-state index in [1.807, 2.05) is 12.3 Å². The molecule has 3 atom stereocenters. The molecule has 1 aromatic rings. The van der Waals surface area contributed by atoms with Crippen LogP contribution >= 0.6 is 11.3 Å². The topological polar surface area (TPSA) is 79.3 Å². The molecule has 19 heavy (non-hydrogen) atoms. The minimum absolute atomic E-state index is 0.109. The summed E-state index contributed by atoms with van der Waals surface area (Å²) < 4.78 is 0. The molecule has 0 radical (unpaired) electrons. The van der Waals surface area contributed by atoms with Crippen molar-refractivity contribution < 1.29 is 14.7 Å². The van der Waals surface area contributed by atoms with Gasteiger partial charge in [0.15, 0.2) is 0 Å². The van der Waals surface area contributed by atoms with Crippen molar-refractivity contribution in [3.05, 3.63) is 16.6 Å². The fourth-order valence-corrected chi connectivity index (χ4v) is 3.37. The summed E-state index contributed by atoms with van der Waals surface area (Å²) >= 11 is 1.51. The van der Waals surface area contributed by atoms with E-state index in [-0.39, 0.29) is 11.9 Å². The quantitative estimate of drug-likeness (QED) is 0.867. The number of carbonyl (C=O) groups excluding carboxylic acids is 1. The molecule has 0 saturated heterocycles. The number of carboxylic acids is 1. The van der Waals surface area contributed by atoms with Gasteiger partial charge in [-0.15, -0.1) is 11.3 Å². The molecule has 1 aliphatic rings. The third-order valence-electron chi connectivity index (χ3n) is 3.64. The summed E-state index contributed by atoms with van der Waals surface area (Å²) in [5, 5.41) is 14.8. The first-order chi connectivity index (χ1) is 9.13. The van der Waals surface area contributed by atoms with Crippen molar-refractivity contribution in [2.45, 2.75) is 38.6 Å². The van der Waals surface area contributed by atoms with E-state index in [1.54, 1.807) is 6.20 Å². The Bertz CT molecular complexity index is 447. The second-order valence-corrected chi connectivity index (χ2v) is 5.75. The van der Waals surface area contributed by atoms with E-state index in [0.717, 1.165) is 17.8 Å². The molecule has 2 rings (SSSR count). The lowest BCUT2D eigenvalue weighted by atomic mass is 9.95. The van der Waals surface area contributed by atoms with Crippen molar-refractivity contribution >= 4 is 23.2 Å². The minimum Gasteiger partial charge on any atom is -0.481 e. The third-order valence-corrected chi connectivity index (χ3v) is 4.53. The number of thiazole rings is 1. The summed E-state index contributed by atoms with van der Waals surface area (Å²) in [6.07, 6.45) is 4.54. The molecule has 104 valence electrons. The largest absolute Gasteiger partial charge is 0.481 e. The number of nitrogens with one attached hydrogen (secondary N) is 1. The van der Waals surface area contributed by atoms with Crippen LogP contribution in [-0.2, 0) is 9.59 Å². The Morgan fingerprint density at radius 1 is 1.53 bits per heavy atom. The highest BCUT2D eigenvalue weighted by Gasteiger charge is 2.38. The number of nitrogens with zero attached hydrogens (tertiary/aromatic N) is 1. The lowest BCUT2D eigenvalue weighted by Gasteiger charge is -2.20. The fraction of sp³-hybridized carbons (Fsp3) is 0.615. The van der Waals surface area contributed by atoms with Crippen LogP contribution in [0, 0.1) is 11.8 Å². The molecule has 1 amide bonds. The number of rotatable bonds is 5. The summed E-state index contributed by atoms with van der Waals surface area (Å²) in [6, 6.07) is -0.109. The highest BCUT2D eigenvalue weighted by Crippen LogP contribution is 2.33. The smallest absolute Gasteiger partial charge is 0.307 e. The van der Waals surface area contributed by atoms with E-state index in [1.165, 1.54) is 11.3 Å². The number of amides is 1. The van der Waals surface area contributed by atoms with Crippen LogP contribution in [0.15, 0.2) is 11.6 Å². The molecule has 1 heterocycles. The summed E-state index contributed by atoms with van der Waals surface area (Å²) in [5.74, 6) is -1.94. The van der Waals surface area contributed by atoms with E-state index in [4.69, 9.17) is 5.11 Å². The summed E-state index contributed by atoms with van der Waals surface area (Å²) in [7, 11) is 0. The van der Waals surface area contributed by atoms with Crippen molar-refractivity contribution in [3.63, 3.8) is 0 Å². The Labute approximate surface area is 116 Å². The third kappa shape index (κ3) is 3.12. The van der Waals surface area contributed by atoms with Gasteiger partial charge in [-0.25, -0.2) is 4.98 Å².